The number of benzene rings is 1. The van der Waals surface area contributed by atoms with Crippen LogP contribution in [-0.2, 0) is 25.6 Å². The predicted molar refractivity (Wildman–Crippen MR) is 124 cm³/mol. The van der Waals surface area contributed by atoms with Crippen LogP contribution in [-0.4, -0.2) is 74.3 Å². The third-order valence-electron chi connectivity index (χ3n) is 7.14. The van der Waals surface area contributed by atoms with Crippen molar-refractivity contribution in [1.82, 2.24) is 4.90 Å². The number of nitrogens with two attached hydrogens (primary N) is 1. The first-order valence-electron chi connectivity index (χ1n) is 11.0. The number of amides is 1. The largest absolute Gasteiger partial charge is 0.508 e. The normalized spacial score (nSPS) is 28.3. The van der Waals surface area contributed by atoms with Crippen molar-refractivity contribution in [2.75, 3.05) is 14.1 Å². The van der Waals surface area contributed by atoms with Gasteiger partial charge in [0.15, 0.2) is 17.2 Å². The number of ketones is 3. The highest BCUT2D eigenvalue weighted by atomic mass is 16.3. The fraction of sp³-hybridized carbons (Fsp3) is 0.360. The number of hydrogen-bond acceptors (Lipinski definition) is 9. The molecular weight excluding hydrogens is 456 g/mol. The molecule has 1 saturated carbocycles. The molecule has 0 aliphatic heterocycles. The topological polar surface area (TPSA) is 178 Å². The number of rotatable bonds is 4. The quantitative estimate of drug-likeness (QED) is 0.303. The van der Waals surface area contributed by atoms with Crippen LogP contribution in [0, 0.1) is 11.8 Å². The number of likely N-dealkylation sites (N-methyl/N-ethyl adjacent to an activating group) is 1. The maximum Gasteiger partial charge on any atom is 0.255 e. The van der Waals surface area contributed by atoms with Crippen LogP contribution in [0.3, 0.4) is 0 Å². The molecule has 1 aromatic carbocycles. The lowest BCUT2D eigenvalue weighted by molar-refractivity contribution is -0.153. The molecule has 0 radical (unpaired) electrons. The second-order valence-electron chi connectivity index (χ2n) is 9.43. The lowest BCUT2D eigenvalue weighted by atomic mass is 9.57. The molecular formula is C25H26N2O8. The fourth-order valence-corrected chi connectivity index (χ4v) is 5.63. The molecule has 1 fully saturated rings. The summed E-state index contributed by atoms with van der Waals surface area (Å²) in [6, 6.07) is 1.74. The van der Waals surface area contributed by atoms with E-state index in [2.05, 4.69) is 0 Å². The van der Waals surface area contributed by atoms with Crippen molar-refractivity contribution in [3.63, 3.8) is 0 Å². The Balaban J connectivity index is 1.96. The van der Waals surface area contributed by atoms with E-state index in [-0.39, 0.29) is 35.5 Å². The second kappa shape index (κ2) is 8.17. The van der Waals surface area contributed by atoms with E-state index in [1.807, 2.05) is 0 Å². The summed E-state index contributed by atoms with van der Waals surface area (Å²) < 4.78 is 0. The van der Waals surface area contributed by atoms with Crippen LogP contribution in [0.4, 0.5) is 0 Å². The average molecular weight is 482 g/mol. The Morgan fingerprint density at radius 2 is 1.83 bits per heavy atom. The summed E-state index contributed by atoms with van der Waals surface area (Å²) >= 11 is 0. The lowest BCUT2D eigenvalue weighted by Crippen LogP contribution is -2.65. The van der Waals surface area contributed by atoms with Crippen LogP contribution in [0.25, 0.3) is 11.8 Å². The fourth-order valence-electron chi connectivity index (χ4n) is 5.63. The number of phenolic OH excluding ortho intramolecular Hbond substituents is 1. The zero-order valence-electron chi connectivity index (χ0n) is 19.4. The number of Topliss-reactive ketones (excluding diaryl/α,β-unsaturated/α-hetero) is 2. The number of carbonyl (C=O) groups is 4. The first-order valence-corrected chi connectivity index (χ1v) is 11.0. The van der Waals surface area contributed by atoms with Gasteiger partial charge < -0.3 is 26.2 Å². The molecule has 0 saturated heterocycles. The Morgan fingerprint density at radius 3 is 2.40 bits per heavy atom. The molecule has 0 bridgehead atoms. The highest BCUT2D eigenvalue weighted by Crippen LogP contribution is 2.52. The van der Waals surface area contributed by atoms with Gasteiger partial charge in [-0.3, -0.25) is 24.1 Å². The smallest absolute Gasteiger partial charge is 0.255 e. The molecule has 4 rings (SSSR count). The summed E-state index contributed by atoms with van der Waals surface area (Å²) in [7, 11) is 3.08. The Bertz CT molecular complexity index is 1290. The molecule has 0 unspecified atom stereocenters. The first kappa shape index (κ1) is 24.4. The Kier molecular flexibility index (Phi) is 5.69. The summed E-state index contributed by atoms with van der Waals surface area (Å²) in [4.78, 5) is 51.7. The van der Waals surface area contributed by atoms with Crippen molar-refractivity contribution in [2.45, 2.75) is 31.4 Å². The van der Waals surface area contributed by atoms with Gasteiger partial charge in [-0.15, -0.1) is 0 Å². The number of aromatic hydroxyl groups is 1. The minimum Gasteiger partial charge on any atom is -0.508 e. The number of hydrogen-bond donors (Lipinski definition) is 5. The van der Waals surface area contributed by atoms with E-state index in [4.69, 9.17) is 5.73 Å². The van der Waals surface area contributed by atoms with E-state index in [1.54, 1.807) is 12.1 Å². The van der Waals surface area contributed by atoms with Gasteiger partial charge in [-0.25, -0.2) is 0 Å². The van der Waals surface area contributed by atoms with Crippen molar-refractivity contribution in [3.05, 3.63) is 51.8 Å². The number of fused-ring (bicyclic) bond motifs is 3. The SMILES string of the molecule is CC(=O)/C=C/c1ccc(O)c2c1C[C@H]1C[C@H]3[C@H](N(C)C)C(=O)C(C(N)=O)=C(O)[C@@]3(O)C(=O)C1=C2O. The molecule has 0 spiro atoms. The third-order valence-corrected chi connectivity index (χ3v) is 7.14. The van der Waals surface area contributed by atoms with Gasteiger partial charge in [-0.2, -0.15) is 0 Å². The molecule has 10 nitrogen and oxygen atoms in total. The molecule has 0 heterocycles. The van der Waals surface area contributed by atoms with E-state index in [0.29, 0.717) is 11.1 Å². The monoisotopic (exact) mass is 482 g/mol. The van der Waals surface area contributed by atoms with Crippen molar-refractivity contribution in [1.29, 1.82) is 0 Å². The molecule has 184 valence electrons. The first-order chi connectivity index (χ1) is 16.3. The maximum atomic E-state index is 13.7. The summed E-state index contributed by atoms with van der Waals surface area (Å²) in [6.07, 6.45) is 3.03. The van der Waals surface area contributed by atoms with E-state index < -0.39 is 58.0 Å². The van der Waals surface area contributed by atoms with Gasteiger partial charge in [0.25, 0.3) is 5.91 Å². The average Bonchev–Trinajstić information content (AvgIpc) is 2.75. The highest BCUT2D eigenvalue weighted by Gasteiger charge is 2.64. The Labute approximate surface area is 200 Å². The maximum absolute atomic E-state index is 13.7. The molecule has 3 aliphatic carbocycles. The van der Waals surface area contributed by atoms with Crippen LogP contribution >= 0.6 is 0 Å². The Morgan fingerprint density at radius 1 is 1.17 bits per heavy atom. The number of phenols is 1. The molecule has 3 aliphatic rings. The minimum absolute atomic E-state index is 0.00270. The molecule has 4 atom stereocenters. The van der Waals surface area contributed by atoms with E-state index >= 15 is 0 Å². The van der Waals surface area contributed by atoms with Gasteiger partial charge in [-0.05, 0) is 63.0 Å². The van der Waals surface area contributed by atoms with Gasteiger partial charge in [0.1, 0.15) is 22.8 Å². The van der Waals surface area contributed by atoms with Crippen LogP contribution < -0.4 is 5.73 Å². The van der Waals surface area contributed by atoms with Gasteiger partial charge in [-0.1, -0.05) is 12.1 Å². The highest BCUT2D eigenvalue weighted by molar-refractivity contribution is 6.24. The second-order valence-corrected chi connectivity index (χ2v) is 9.43. The molecule has 10 heteroatoms. The summed E-state index contributed by atoms with van der Waals surface area (Å²) in [5.41, 5.74) is 2.57. The number of aliphatic hydroxyl groups is 3. The Hall–Kier alpha value is -3.76. The van der Waals surface area contributed by atoms with Crippen molar-refractivity contribution in [3.8, 4) is 5.75 Å². The third kappa shape index (κ3) is 3.40. The van der Waals surface area contributed by atoms with Crippen molar-refractivity contribution >= 4 is 35.1 Å². The van der Waals surface area contributed by atoms with Crippen molar-refractivity contribution < 1.29 is 39.6 Å². The molecule has 1 aromatic rings. The number of carbonyl (C=O) groups excluding carboxylic acids is 4. The zero-order chi connectivity index (χ0) is 26.0. The van der Waals surface area contributed by atoms with E-state index in [0.717, 1.165) is 0 Å². The van der Waals surface area contributed by atoms with Crippen molar-refractivity contribution in [2.24, 2.45) is 17.6 Å². The van der Waals surface area contributed by atoms with Gasteiger partial charge in [0.2, 0.25) is 5.78 Å². The van der Waals surface area contributed by atoms with Crippen LogP contribution in [0.1, 0.15) is 30.0 Å². The van der Waals surface area contributed by atoms with E-state index in [9.17, 15) is 39.6 Å². The predicted octanol–water partition coefficient (Wildman–Crippen LogP) is 0.566. The summed E-state index contributed by atoms with van der Waals surface area (Å²) in [5, 5.41) is 44.0. The standard InChI is InChI=1S/C25H26N2O8/c1-10(28)4-5-11-6-7-15(29)17-13(11)8-12-9-14-19(27(2)3)21(31)18(24(26)34)23(33)25(14,35)22(32)16(12)20(17)30/h4-7,12,14,19,29-30,33,35H,8-9H2,1-3H3,(H2,26,34)/b5-4+/t12-,14-,19-,25-/m0/s1. The lowest BCUT2D eigenvalue weighted by Gasteiger charge is -2.50. The summed E-state index contributed by atoms with van der Waals surface area (Å²) in [5.74, 6) is -7.20. The van der Waals surface area contributed by atoms with Gasteiger partial charge >= 0.3 is 0 Å². The van der Waals surface area contributed by atoms with Gasteiger partial charge in [0, 0.05) is 11.5 Å². The molecule has 6 N–H and O–H groups in total. The van der Waals surface area contributed by atoms with Crippen LogP contribution in [0.2, 0.25) is 0 Å². The number of aliphatic hydroxyl groups excluding tert-OH is 2. The van der Waals surface area contributed by atoms with Crippen LogP contribution in [0.15, 0.2) is 35.1 Å². The molecule has 1 amide bonds. The summed E-state index contributed by atoms with van der Waals surface area (Å²) in [6.45, 7) is 1.38. The number of nitrogens with zero attached hydrogens (tertiary/aromatic N) is 1. The van der Waals surface area contributed by atoms with Gasteiger partial charge in [0.05, 0.1) is 11.6 Å². The zero-order valence-corrected chi connectivity index (χ0v) is 19.4. The van der Waals surface area contributed by atoms with E-state index in [1.165, 1.54) is 38.1 Å². The van der Waals surface area contributed by atoms with Crippen LogP contribution in [0.5, 0.6) is 5.75 Å². The minimum atomic E-state index is -2.67. The number of allylic oxidation sites excluding steroid dienone is 1. The number of primary amides is 1. The molecule has 0 aromatic heterocycles. The molecule has 35 heavy (non-hydrogen) atoms.